The highest BCUT2D eigenvalue weighted by Gasteiger charge is 2.18. The highest BCUT2D eigenvalue weighted by Crippen LogP contribution is 2.21. The number of amides is 1. The molecule has 28 heavy (non-hydrogen) atoms. The van der Waals surface area contributed by atoms with Gasteiger partial charge in [-0.3, -0.25) is 14.2 Å². The van der Waals surface area contributed by atoms with Crippen molar-refractivity contribution in [2.75, 3.05) is 11.4 Å². The number of para-hydroxylation sites is 1. The van der Waals surface area contributed by atoms with Crippen LogP contribution in [0.1, 0.15) is 19.5 Å². The zero-order valence-corrected chi connectivity index (χ0v) is 16.7. The maximum atomic E-state index is 13.0. The number of aryl methyl sites for hydroxylation is 1. The number of carbonyl (C=O) groups excluding carboxylic acids is 1. The number of anilines is 1. The van der Waals surface area contributed by atoms with Crippen molar-refractivity contribution in [2.24, 2.45) is 0 Å². The molecule has 1 amide bonds. The highest BCUT2D eigenvalue weighted by atomic mass is 35.5. The van der Waals surface area contributed by atoms with E-state index in [0.717, 1.165) is 5.69 Å². The molecule has 0 saturated heterocycles. The number of nitrogens with zero attached hydrogens (tertiary/aromatic N) is 3. The van der Waals surface area contributed by atoms with Crippen LogP contribution in [0.25, 0.3) is 11.4 Å². The smallest absolute Gasteiger partial charge is 0.254 e. The van der Waals surface area contributed by atoms with E-state index in [1.54, 1.807) is 23.1 Å². The van der Waals surface area contributed by atoms with Crippen LogP contribution in [0.2, 0.25) is 5.02 Å². The van der Waals surface area contributed by atoms with Crippen LogP contribution in [0.5, 0.6) is 0 Å². The van der Waals surface area contributed by atoms with Crippen LogP contribution in [-0.2, 0) is 17.8 Å². The lowest BCUT2D eigenvalue weighted by atomic mass is 10.2. The van der Waals surface area contributed by atoms with Crippen LogP contribution in [0.15, 0.2) is 65.5 Å². The number of aromatic nitrogens is 2. The fraction of sp³-hybridized carbons (Fsp3) is 0.227. The molecule has 0 bridgehead atoms. The quantitative estimate of drug-likeness (QED) is 0.629. The monoisotopic (exact) mass is 395 g/mol. The number of carbonyl (C=O) groups is 1. The zero-order chi connectivity index (χ0) is 20.1. The maximum Gasteiger partial charge on any atom is 0.254 e. The van der Waals surface area contributed by atoms with Crippen molar-refractivity contribution in [2.45, 2.75) is 26.8 Å². The van der Waals surface area contributed by atoms with E-state index in [1.807, 2.05) is 50.2 Å². The summed E-state index contributed by atoms with van der Waals surface area (Å²) < 4.78 is 1.42. The Hall–Kier alpha value is -2.92. The van der Waals surface area contributed by atoms with Crippen LogP contribution >= 0.6 is 11.6 Å². The molecule has 0 atom stereocenters. The molecule has 6 heteroatoms. The van der Waals surface area contributed by atoms with Crippen LogP contribution in [0.3, 0.4) is 0 Å². The van der Waals surface area contributed by atoms with E-state index in [9.17, 15) is 9.59 Å². The van der Waals surface area contributed by atoms with Gasteiger partial charge in [0.05, 0.1) is 0 Å². The second-order valence-corrected chi connectivity index (χ2v) is 6.77. The van der Waals surface area contributed by atoms with Gasteiger partial charge in [-0.05, 0) is 37.6 Å². The van der Waals surface area contributed by atoms with Gasteiger partial charge in [0.25, 0.3) is 5.56 Å². The lowest BCUT2D eigenvalue weighted by Crippen LogP contribution is -2.37. The molecule has 0 unspecified atom stereocenters. The fourth-order valence-electron chi connectivity index (χ4n) is 3.07. The van der Waals surface area contributed by atoms with E-state index < -0.39 is 0 Å². The molecular weight excluding hydrogens is 374 g/mol. The van der Waals surface area contributed by atoms with E-state index in [1.165, 1.54) is 10.6 Å². The van der Waals surface area contributed by atoms with Gasteiger partial charge in [-0.15, -0.1) is 0 Å². The Balaban J connectivity index is 2.03. The van der Waals surface area contributed by atoms with Gasteiger partial charge in [-0.2, -0.15) is 0 Å². The SMILES string of the molecule is CCc1cc(=O)n(CC(=O)N(CC)c2ccccc2)c(-c2cccc(Cl)c2)n1. The first-order chi connectivity index (χ1) is 13.5. The predicted molar refractivity (Wildman–Crippen MR) is 113 cm³/mol. The van der Waals surface area contributed by atoms with Crippen molar-refractivity contribution in [1.82, 2.24) is 9.55 Å². The molecule has 1 heterocycles. The van der Waals surface area contributed by atoms with Gasteiger partial charge in [-0.1, -0.05) is 48.9 Å². The first-order valence-corrected chi connectivity index (χ1v) is 9.63. The van der Waals surface area contributed by atoms with E-state index >= 15 is 0 Å². The minimum atomic E-state index is -0.251. The van der Waals surface area contributed by atoms with Gasteiger partial charge in [0.2, 0.25) is 5.91 Å². The third-order valence-corrected chi connectivity index (χ3v) is 4.72. The summed E-state index contributed by atoms with van der Waals surface area (Å²) in [5.41, 5.74) is 1.93. The van der Waals surface area contributed by atoms with Gasteiger partial charge in [0, 0.05) is 34.6 Å². The Kier molecular flexibility index (Phi) is 6.26. The molecule has 0 aliphatic carbocycles. The second kappa shape index (κ2) is 8.85. The number of hydrogen-bond acceptors (Lipinski definition) is 3. The summed E-state index contributed by atoms with van der Waals surface area (Å²) >= 11 is 6.13. The van der Waals surface area contributed by atoms with Gasteiger partial charge < -0.3 is 4.90 Å². The topological polar surface area (TPSA) is 55.2 Å². The Labute approximate surface area is 169 Å². The number of hydrogen-bond donors (Lipinski definition) is 0. The van der Waals surface area contributed by atoms with E-state index in [0.29, 0.717) is 35.1 Å². The van der Waals surface area contributed by atoms with Gasteiger partial charge in [0.15, 0.2) is 0 Å². The number of likely N-dealkylation sites (N-methyl/N-ethyl adjacent to an activating group) is 1. The highest BCUT2D eigenvalue weighted by molar-refractivity contribution is 6.30. The van der Waals surface area contributed by atoms with Crippen molar-refractivity contribution in [3.8, 4) is 11.4 Å². The summed E-state index contributed by atoms with van der Waals surface area (Å²) in [6, 6.07) is 18.0. The molecule has 0 spiro atoms. The standard InChI is InChI=1S/C22H22ClN3O2/c1-3-18-14-20(27)26(22(24-18)16-9-8-10-17(23)13-16)15-21(28)25(4-2)19-11-6-5-7-12-19/h5-14H,3-4,15H2,1-2H3. The van der Waals surface area contributed by atoms with Gasteiger partial charge in [0.1, 0.15) is 12.4 Å². The lowest BCUT2D eigenvalue weighted by molar-refractivity contribution is -0.119. The lowest BCUT2D eigenvalue weighted by Gasteiger charge is -2.22. The first kappa shape index (κ1) is 19.8. The van der Waals surface area contributed by atoms with Crippen molar-refractivity contribution in [3.63, 3.8) is 0 Å². The Morgan fingerprint density at radius 1 is 1.07 bits per heavy atom. The molecule has 0 radical (unpaired) electrons. The minimum absolute atomic E-state index is 0.0968. The van der Waals surface area contributed by atoms with Crippen LogP contribution in [-0.4, -0.2) is 22.0 Å². The summed E-state index contributed by atoms with van der Waals surface area (Å²) in [6.07, 6.45) is 0.628. The Bertz CT molecular complexity index is 1030. The summed E-state index contributed by atoms with van der Waals surface area (Å²) in [4.78, 5) is 32.1. The summed E-state index contributed by atoms with van der Waals surface area (Å²) in [5.74, 6) is 0.273. The number of benzene rings is 2. The van der Waals surface area contributed by atoms with Crippen molar-refractivity contribution >= 4 is 23.2 Å². The summed E-state index contributed by atoms with van der Waals surface area (Å²) in [7, 11) is 0. The molecule has 5 nitrogen and oxygen atoms in total. The average Bonchev–Trinajstić information content (AvgIpc) is 2.70. The van der Waals surface area contributed by atoms with E-state index in [2.05, 4.69) is 4.98 Å². The number of halogens is 1. The van der Waals surface area contributed by atoms with E-state index in [-0.39, 0.29) is 18.0 Å². The molecule has 0 saturated carbocycles. The molecule has 3 rings (SSSR count). The molecule has 0 aliphatic rings. The normalized spacial score (nSPS) is 10.7. The molecule has 0 N–H and O–H groups in total. The maximum absolute atomic E-state index is 13.0. The largest absolute Gasteiger partial charge is 0.311 e. The molecule has 0 aliphatic heterocycles. The van der Waals surface area contributed by atoms with Crippen molar-refractivity contribution in [3.05, 3.63) is 81.7 Å². The van der Waals surface area contributed by atoms with Crippen molar-refractivity contribution in [1.29, 1.82) is 0 Å². The van der Waals surface area contributed by atoms with Gasteiger partial charge >= 0.3 is 0 Å². The predicted octanol–water partition coefficient (Wildman–Crippen LogP) is 4.18. The van der Waals surface area contributed by atoms with Crippen molar-refractivity contribution < 1.29 is 4.79 Å². The molecule has 3 aromatic rings. The first-order valence-electron chi connectivity index (χ1n) is 9.25. The fourth-order valence-corrected chi connectivity index (χ4v) is 3.26. The third-order valence-electron chi connectivity index (χ3n) is 4.48. The third kappa shape index (κ3) is 4.31. The summed E-state index contributed by atoms with van der Waals surface area (Å²) in [6.45, 7) is 4.25. The molecular formula is C22H22ClN3O2. The van der Waals surface area contributed by atoms with Gasteiger partial charge in [-0.25, -0.2) is 4.98 Å². The molecule has 0 fully saturated rings. The molecule has 1 aromatic heterocycles. The Morgan fingerprint density at radius 2 is 1.82 bits per heavy atom. The number of rotatable bonds is 6. The van der Waals surface area contributed by atoms with E-state index in [4.69, 9.17) is 11.6 Å². The minimum Gasteiger partial charge on any atom is -0.311 e. The second-order valence-electron chi connectivity index (χ2n) is 6.33. The molecule has 144 valence electrons. The summed E-state index contributed by atoms with van der Waals surface area (Å²) in [5, 5.41) is 0.547. The zero-order valence-electron chi connectivity index (χ0n) is 15.9. The van der Waals surface area contributed by atoms with Crippen LogP contribution in [0.4, 0.5) is 5.69 Å². The Morgan fingerprint density at radius 3 is 2.46 bits per heavy atom. The average molecular weight is 396 g/mol. The van der Waals surface area contributed by atoms with Crippen LogP contribution < -0.4 is 10.5 Å². The van der Waals surface area contributed by atoms with Crippen LogP contribution in [0, 0.1) is 0 Å². The molecule has 2 aromatic carbocycles.